The quantitative estimate of drug-likeness (QED) is 0.172. The van der Waals surface area contributed by atoms with E-state index in [-0.39, 0.29) is 0 Å². The Balaban J connectivity index is 1.06. The molecule has 0 radical (unpaired) electrons. The maximum absolute atomic E-state index is 15.1. The lowest BCUT2D eigenvalue weighted by Crippen LogP contribution is -2.07. The Morgan fingerprint density at radius 1 is 0.356 bits per heavy atom. The van der Waals surface area contributed by atoms with Crippen molar-refractivity contribution in [1.29, 1.82) is 0 Å². The molecule has 12 rings (SSSR count). The molecule has 9 aromatic carbocycles. The topological polar surface area (TPSA) is 39.3 Å². The Kier molecular flexibility index (Phi) is 7.43. The van der Waals surface area contributed by atoms with Crippen molar-refractivity contribution in [3.63, 3.8) is 0 Å². The van der Waals surface area contributed by atoms with Gasteiger partial charge in [0.15, 0.2) is 0 Å². The van der Waals surface area contributed by atoms with E-state index in [9.17, 15) is 0 Å². The molecule has 11 aromatic rings. The van der Waals surface area contributed by atoms with Crippen LogP contribution in [0.15, 0.2) is 226 Å². The van der Waals surface area contributed by atoms with Gasteiger partial charge in [-0.1, -0.05) is 133 Å². The van der Waals surface area contributed by atoms with Gasteiger partial charge in [0, 0.05) is 49.6 Å². The van der Waals surface area contributed by atoms with Gasteiger partial charge in [-0.2, -0.15) is 4.36 Å². The number of aromatic nitrogens is 2. The fourth-order valence-electron chi connectivity index (χ4n) is 9.22. The number of hydrogen-bond donors (Lipinski definition) is 0. The highest BCUT2D eigenvalue weighted by atomic mass is 32.2. The Hall–Kier alpha value is -7.47. The minimum absolute atomic E-state index is 0.712. The SMILES string of the molecule is O=S1(c2ccccc2)=Nc2c(-c3ccc4c5cc(-c6ccc7c(c6)c6ccccc6n7-c6ccccc6)ccc5n(-c5ccccc5)c4c3)cccc2-c2ccccc21. The average Bonchev–Trinajstić information content (AvgIpc) is 3.81. The van der Waals surface area contributed by atoms with E-state index in [0.717, 1.165) is 66.2 Å². The minimum Gasteiger partial charge on any atom is -0.309 e. The summed E-state index contributed by atoms with van der Waals surface area (Å²) in [5, 5.41) is 4.81. The molecule has 2 aromatic heterocycles. The summed E-state index contributed by atoms with van der Waals surface area (Å²) < 4.78 is 25.0. The van der Waals surface area contributed by atoms with Crippen LogP contribution in [0.2, 0.25) is 0 Å². The molecule has 0 N–H and O–H groups in total. The van der Waals surface area contributed by atoms with E-state index in [1.807, 2.05) is 48.5 Å². The van der Waals surface area contributed by atoms with E-state index in [1.54, 1.807) is 0 Å². The van der Waals surface area contributed by atoms with Crippen molar-refractivity contribution in [2.24, 2.45) is 4.36 Å². The fourth-order valence-corrected chi connectivity index (χ4v) is 11.4. The van der Waals surface area contributed by atoms with Crippen molar-refractivity contribution in [2.45, 2.75) is 9.79 Å². The third-order valence-corrected chi connectivity index (χ3v) is 14.2. The molecular weight excluding hydrogens is 739 g/mol. The molecule has 59 heavy (non-hydrogen) atoms. The molecule has 0 aliphatic carbocycles. The molecule has 0 fully saturated rings. The Labute approximate surface area is 342 Å². The molecule has 0 bridgehead atoms. The first-order valence-corrected chi connectivity index (χ1v) is 21.4. The number of nitrogens with zero attached hydrogens (tertiary/aromatic N) is 3. The third-order valence-electron chi connectivity index (χ3n) is 11.9. The van der Waals surface area contributed by atoms with Gasteiger partial charge in [-0.05, 0) is 95.6 Å². The van der Waals surface area contributed by atoms with Gasteiger partial charge in [-0.15, -0.1) is 0 Å². The summed E-state index contributed by atoms with van der Waals surface area (Å²) >= 11 is 0. The zero-order valence-electron chi connectivity index (χ0n) is 31.9. The smallest absolute Gasteiger partial charge is 0.109 e. The molecule has 1 unspecified atom stereocenters. The molecule has 1 aliphatic rings. The highest BCUT2D eigenvalue weighted by molar-refractivity contribution is 7.94. The van der Waals surface area contributed by atoms with Crippen LogP contribution in [0.3, 0.4) is 0 Å². The van der Waals surface area contributed by atoms with Crippen LogP contribution in [0.4, 0.5) is 5.69 Å². The second kappa shape index (κ2) is 13.0. The monoisotopic (exact) mass is 773 g/mol. The summed E-state index contributed by atoms with van der Waals surface area (Å²) in [6.07, 6.45) is 0. The van der Waals surface area contributed by atoms with E-state index in [0.29, 0.717) is 4.90 Å². The van der Waals surface area contributed by atoms with Gasteiger partial charge in [0.1, 0.15) is 9.73 Å². The van der Waals surface area contributed by atoms with Crippen LogP contribution in [-0.4, -0.2) is 13.3 Å². The van der Waals surface area contributed by atoms with E-state index >= 15 is 4.21 Å². The zero-order valence-corrected chi connectivity index (χ0v) is 32.7. The van der Waals surface area contributed by atoms with Crippen molar-refractivity contribution in [3.8, 4) is 44.8 Å². The van der Waals surface area contributed by atoms with Gasteiger partial charge < -0.3 is 9.13 Å². The second-order valence-electron chi connectivity index (χ2n) is 15.2. The van der Waals surface area contributed by atoms with Crippen LogP contribution in [0.1, 0.15) is 0 Å². The number of fused-ring (bicyclic) bond motifs is 9. The first kappa shape index (κ1) is 33.6. The van der Waals surface area contributed by atoms with Crippen molar-refractivity contribution in [2.75, 3.05) is 0 Å². The lowest BCUT2D eigenvalue weighted by atomic mass is 9.95. The van der Waals surface area contributed by atoms with Crippen molar-refractivity contribution in [1.82, 2.24) is 9.13 Å². The molecule has 0 amide bonds. The van der Waals surface area contributed by atoms with Crippen LogP contribution in [-0.2, 0) is 9.73 Å². The lowest BCUT2D eigenvalue weighted by molar-refractivity contribution is 0.676. The molecule has 4 nitrogen and oxygen atoms in total. The first-order chi connectivity index (χ1) is 29.1. The summed E-state index contributed by atoms with van der Waals surface area (Å²) in [6, 6.07) is 74.3. The van der Waals surface area contributed by atoms with Gasteiger partial charge >= 0.3 is 0 Å². The number of para-hydroxylation sites is 3. The predicted octanol–water partition coefficient (Wildman–Crippen LogP) is 14.4. The van der Waals surface area contributed by atoms with Crippen LogP contribution in [0, 0.1) is 0 Å². The first-order valence-electron chi connectivity index (χ1n) is 19.9. The summed E-state index contributed by atoms with van der Waals surface area (Å²) in [5.41, 5.74) is 13.9. The number of rotatable bonds is 5. The van der Waals surface area contributed by atoms with Gasteiger partial charge in [0.2, 0.25) is 0 Å². The van der Waals surface area contributed by atoms with Crippen LogP contribution >= 0.6 is 0 Å². The maximum atomic E-state index is 15.1. The molecule has 278 valence electrons. The molecule has 0 spiro atoms. The second-order valence-corrected chi connectivity index (χ2v) is 17.3. The van der Waals surface area contributed by atoms with E-state index in [1.165, 1.54) is 32.8 Å². The zero-order chi connectivity index (χ0) is 39.1. The average molecular weight is 774 g/mol. The van der Waals surface area contributed by atoms with Gasteiger partial charge in [0.05, 0.1) is 37.5 Å². The number of benzene rings is 9. The van der Waals surface area contributed by atoms with Crippen LogP contribution in [0.25, 0.3) is 88.4 Å². The molecule has 3 heterocycles. The van der Waals surface area contributed by atoms with Crippen molar-refractivity contribution < 1.29 is 4.21 Å². The number of hydrogen-bond acceptors (Lipinski definition) is 2. The van der Waals surface area contributed by atoms with E-state index in [4.69, 9.17) is 4.36 Å². The molecule has 0 saturated heterocycles. The predicted molar refractivity (Wildman–Crippen MR) is 245 cm³/mol. The molecule has 0 saturated carbocycles. The van der Waals surface area contributed by atoms with Gasteiger partial charge in [-0.25, -0.2) is 4.21 Å². The minimum atomic E-state index is -2.94. The standard InChI is InChI=1S/C54H35N3OS/c58-59(41-19-8-3-9-20-41)53-26-13-11-22-45(53)46-24-14-23-42(54(46)55-59)38-27-30-44-48-34-37(29-32-51(48)57(52(44)35-38)40-17-6-2-7-18-40)36-28-31-50-47(33-36)43-21-10-12-25-49(43)56(50)39-15-4-1-5-16-39/h1-35H. The molecule has 1 aliphatic heterocycles. The largest absolute Gasteiger partial charge is 0.309 e. The van der Waals surface area contributed by atoms with Gasteiger partial charge in [0.25, 0.3) is 0 Å². The van der Waals surface area contributed by atoms with Gasteiger partial charge in [-0.3, -0.25) is 0 Å². The fraction of sp³-hybridized carbons (Fsp3) is 0. The molecule has 5 heteroatoms. The molecule has 1 atom stereocenters. The summed E-state index contributed by atoms with van der Waals surface area (Å²) in [6.45, 7) is 0. The summed E-state index contributed by atoms with van der Waals surface area (Å²) in [7, 11) is -2.94. The Morgan fingerprint density at radius 2 is 0.864 bits per heavy atom. The van der Waals surface area contributed by atoms with Crippen molar-refractivity contribution in [3.05, 3.63) is 212 Å². The highest BCUT2D eigenvalue weighted by Crippen LogP contribution is 2.49. The molecular formula is C54H35N3OS. The lowest BCUT2D eigenvalue weighted by Gasteiger charge is -2.23. The highest BCUT2D eigenvalue weighted by Gasteiger charge is 2.28. The van der Waals surface area contributed by atoms with Crippen LogP contribution in [0.5, 0.6) is 0 Å². The van der Waals surface area contributed by atoms with E-state index < -0.39 is 9.73 Å². The maximum Gasteiger partial charge on any atom is 0.109 e. The van der Waals surface area contributed by atoms with Crippen molar-refractivity contribution >= 4 is 59.0 Å². The third kappa shape index (κ3) is 5.12. The Bertz CT molecular complexity index is 3590. The summed E-state index contributed by atoms with van der Waals surface area (Å²) in [4.78, 5) is 1.47. The van der Waals surface area contributed by atoms with Crippen LogP contribution < -0.4 is 0 Å². The normalized spacial score (nSPS) is 14.7. The summed E-state index contributed by atoms with van der Waals surface area (Å²) in [5.74, 6) is 0. The Morgan fingerprint density at radius 3 is 1.56 bits per heavy atom. The van der Waals surface area contributed by atoms with E-state index in [2.05, 4.69) is 173 Å².